The van der Waals surface area contributed by atoms with Crippen LogP contribution in [0.25, 0.3) is 0 Å². The highest BCUT2D eigenvalue weighted by Crippen LogP contribution is 2.21. The minimum atomic E-state index is -0.201. The molecule has 1 amide bonds. The van der Waals surface area contributed by atoms with Crippen molar-refractivity contribution in [1.29, 1.82) is 0 Å². The monoisotopic (exact) mass is 299 g/mol. The Kier molecular flexibility index (Phi) is 6.30. The molecular weight excluding hydrogens is 278 g/mol. The van der Waals surface area contributed by atoms with E-state index in [4.69, 9.17) is 21.4 Å². The lowest BCUT2D eigenvalue weighted by Crippen LogP contribution is -2.46. The molecule has 0 aliphatic rings. The van der Waals surface area contributed by atoms with Crippen molar-refractivity contribution in [1.82, 2.24) is 5.32 Å². The van der Waals surface area contributed by atoms with Gasteiger partial charge >= 0.3 is 0 Å². The average Bonchev–Trinajstić information content (AvgIpc) is 2.36. The van der Waals surface area contributed by atoms with E-state index in [1.165, 1.54) is 0 Å². The molecule has 0 bridgehead atoms. The molecule has 0 aliphatic carbocycles. The Morgan fingerprint density at radius 3 is 2.45 bits per heavy atom. The third-order valence-electron chi connectivity index (χ3n) is 2.98. The van der Waals surface area contributed by atoms with Crippen molar-refractivity contribution in [2.24, 2.45) is 5.41 Å². The first kappa shape index (κ1) is 16.8. The van der Waals surface area contributed by atoms with Gasteiger partial charge in [-0.15, -0.1) is 0 Å². The van der Waals surface area contributed by atoms with Crippen molar-refractivity contribution in [2.75, 3.05) is 13.2 Å². The van der Waals surface area contributed by atoms with Crippen molar-refractivity contribution in [3.05, 3.63) is 29.3 Å². The number of rotatable bonds is 6. The summed E-state index contributed by atoms with van der Waals surface area (Å²) < 4.78 is 5.38. The number of carbonyl (C=O) groups is 1. The molecular formula is C15H22ClNO3. The van der Waals surface area contributed by atoms with E-state index in [0.717, 1.165) is 0 Å². The smallest absolute Gasteiger partial charge is 0.258 e. The van der Waals surface area contributed by atoms with E-state index in [0.29, 0.717) is 17.2 Å². The third-order valence-corrected chi connectivity index (χ3v) is 3.23. The summed E-state index contributed by atoms with van der Waals surface area (Å²) in [6.07, 6.45) is 0.524. The Hall–Kier alpha value is -1.26. The summed E-state index contributed by atoms with van der Waals surface area (Å²) >= 11 is 5.77. The van der Waals surface area contributed by atoms with E-state index < -0.39 is 0 Å². The zero-order valence-corrected chi connectivity index (χ0v) is 12.9. The summed E-state index contributed by atoms with van der Waals surface area (Å²) in [7, 11) is 0. The van der Waals surface area contributed by atoms with Gasteiger partial charge in [0.25, 0.3) is 5.91 Å². The van der Waals surface area contributed by atoms with Gasteiger partial charge in [0.05, 0.1) is 0 Å². The Morgan fingerprint density at radius 1 is 1.35 bits per heavy atom. The molecule has 4 nitrogen and oxygen atoms in total. The molecule has 1 unspecified atom stereocenters. The molecule has 0 aliphatic heterocycles. The van der Waals surface area contributed by atoms with Gasteiger partial charge in [0, 0.05) is 17.7 Å². The molecule has 1 rings (SSSR count). The molecule has 0 fully saturated rings. The fraction of sp³-hybridized carbons (Fsp3) is 0.533. The predicted molar refractivity (Wildman–Crippen MR) is 80.0 cm³/mol. The van der Waals surface area contributed by atoms with Gasteiger partial charge < -0.3 is 15.2 Å². The van der Waals surface area contributed by atoms with E-state index in [2.05, 4.69) is 5.32 Å². The first-order valence-electron chi connectivity index (χ1n) is 6.61. The van der Waals surface area contributed by atoms with Crippen LogP contribution in [0.3, 0.4) is 0 Å². The molecule has 2 N–H and O–H groups in total. The molecule has 1 aromatic carbocycles. The number of halogens is 1. The molecule has 5 heteroatoms. The highest BCUT2D eigenvalue weighted by Gasteiger charge is 2.25. The van der Waals surface area contributed by atoms with Crippen LogP contribution in [0.4, 0.5) is 0 Å². The van der Waals surface area contributed by atoms with E-state index in [9.17, 15) is 4.79 Å². The van der Waals surface area contributed by atoms with Crippen LogP contribution in [-0.2, 0) is 4.79 Å². The first-order chi connectivity index (χ1) is 9.32. The zero-order chi connectivity index (χ0) is 15.2. The van der Waals surface area contributed by atoms with Crippen molar-refractivity contribution < 1.29 is 14.6 Å². The molecule has 0 saturated heterocycles. The SMILES string of the molecule is CC(C)(C)C(CCO)NC(=O)COc1ccc(Cl)cc1. The number of amides is 1. The maximum absolute atomic E-state index is 11.9. The molecule has 112 valence electrons. The molecule has 1 aromatic rings. The van der Waals surface area contributed by atoms with Crippen LogP contribution in [0.15, 0.2) is 24.3 Å². The Morgan fingerprint density at radius 2 is 1.95 bits per heavy atom. The van der Waals surface area contributed by atoms with Gasteiger partial charge in [-0.2, -0.15) is 0 Å². The van der Waals surface area contributed by atoms with Gasteiger partial charge in [-0.1, -0.05) is 32.4 Å². The molecule has 0 heterocycles. The summed E-state index contributed by atoms with van der Waals surface area (Å²) in [5.41, 5.74) is -0.112. The summed E-state index contributed by atoms with van der Waals surface area (Å²) in [6, 6.07) is 6.75. The second kappa shape index (κ2) is 7.50. The molecule has 0 saturated carbocycles. The van der Waals surface area contributed by atoms with Crippen molar-refractivity contribution in [3.63, 3.8) is 0 Å². The fourth-order valence-corrected chi connectivity index (χ4v) is 1.89. The number of ether oxygens (including phenoxy) is 1. The van der Waals surface area contributed by atoms with E-state index in [1.807, 2.05) is 20.8 Å². The Balaban J connectivity index is 2.47. The number of carbonyl (C=O) groups excluding carboxylic acids is 1. The van der Waals surface area contributed by atoms with Crippen molar-refractivity contribution >= 4 is 17.5 Å². The van der Waals surface area contributed by atoms with Crippen LogP contribution in [0.1, 0.15) is 27.2 Å². The predicted octanol–water partition coefficient (Wildman–Crippen LogP) is 2.63. The van der Waals surface area contributed by atoms with Crippen molar-refractivity contribution in [3.8, 4) is 5.75 Å². The number of aliphatic hydroxyl groups is 1. The van der Waals surface area contributed by atoms with Gasteiger partial charge in [-0.05, 0) is 36.1 Å². The standard InChI is InChI=1S/C15H22ClNO3/c1-15(2,3)13(8-9-18)17-14(19)10-20-12-6-4-11(16)5-7-12/h4-7,13,18H,8-10H2,1-3H3,(H,17,19). The van der Waals surface area contributed by atoms with E-state index in [1.54, 1.807) is 24.3 Å². The van der Waals surface area contributed by atoms with Gasteiger partial charge in [-0.25, -0.2) is 0 Å². The first-order valence-corrected chi connectivity index (χ1v) is 6.99. The lowest BCUT2D eigenvalue weighted by Gasteiger charge is -2.31. The minimum Gasteiger partial charge on any atom is -0.484 e. The molecule has 0 spiro atoms. The molecule has 0 radical (unpaired) electrons. The highest BCUT2D eigenvalue weighted by atomic mass is 35.5. The number of aliphatic hydroxyl groups excluding tert-OH is 1. The average molecular weight is 300 g/mol. The highest BCUT2D eigenvalue weighted by molar-refractivity contribution is 6.30. The van der Waals surface area contributed by atoms with Gasteiger partial charge in [0.15, 0.2) is 6.61 Å². The molecule has 0 aromatic heterocycles. The maximum atomic E-state index is 11.9. The Bertz CT molecular complexity index is 426. The van der Waals surface area contributed by atoms with E-state index >= 15 is 0 Å². The topological polar surface area (TPSA) is 58.6 Å². The van der Waals surface area contributed by atoms with Crippen LogP contribution in [-0.4, -0.2) is 30.3 Å². The number of hydrogen-bond donors (Lipinski definition) is 2. The summed E-state index contributed by atoms with van der Waals surface area (Å²) in [6.45, 7) is 6.05. The largest absolute Gasteiger partial charge is 0.484 e. The molecule has 20 heavy (non-hydrogen) atoms. The quantitative estimate of drug-likeness (QED) is 0.849. The van der Waals surface area contributed by atoms with Crippen LogP contribution < -0.4 is 10.1 Å². The number of nitrogens with one attached hydrogen (secondary N) is 1. The Labute approximate surface area is 125 Å². The lowest BCUT2D eigenvalue weighted by molar-refractivity contribution is -0.124. The third kappa shape index (κ3) is 5.80. The normalized spacial score (nSPS) is 12.8. The number of hydrogen-bond acceptors (Lipinski definition) is 3. The zero-order valence-electron chi connectivity index (χ0n) is 12.1. The van der Waals surface area contributed by atoms with Gasteiger partial charge in [-0.3, -0.25) is 4.79 Å². The second-order valence-corrected chi connectivity index (χ2v) is 6.18. The second-order valence-electron chi connectivity index (χ2n) is 5.74. The summed E-state index contributed by atoms with van der Waals surface area (Å²) in [5, 5.41) is 12.6. The molecule has 1 atom stereocenters. The van der Waals surface area contributed by atoms with Crippen LogP contribution in [0.2, 0.25) is 5.02 Å². The maximum Gasteiger partial charge on any atom is 0.258 e. The van der Waals surface area contributed by atoms with Crippen LogP contribution in [0, 0.1) is 5.41 Å². The number of benzene rings is 1. The van der Waals surface area contributed by atoms with Gasteiger partial charge in [0.2, 0.25) is 0 Å². The summed E-state index contributed by atoms with van der Waals surface area (Å²) in [4.78, 5) is 11.9. The lowest BCUT2D eigenvalue weighted by atomic mass is 9.85. The van der Waals surface area contributed by atoms with Crippen LogP contribution in [0.5, 0.6) is 5.75 Å². The fourth-order valence-electron chi connectivity index (χ4n) is 1.77. The van der Waals surface area contributed by atoms with Gasteiger partial charge in [0.1, 0.15) is 5.75 Å². The van der Waals surface area contributed by atoms with Crippen LogP contribution >= 0.6 is 11.6 Å². The van der Waals surface area contributed by atoms with E-state index in [-0.39, 0.29) is 30.6 Å². The minimum absolute atomic E-state index is 0.0419. The summed E-state index contributed by atoms with van der Waals surface area (Å²) in [5.74, 6) is 0.396. The van der Waals surface area contributed by atoms with Crippen molar-refractivity contribution in [2.45, 2.75) is 33.2 Å².